The summed E-state index contributed by atoms with van der Waals surface area (Å²) in [6.45, 7) is 4.19. The summed E-state index contributed by atoms with van der Waals surface area (Å²) in [5.74, 6) is -0.377. The molecule has 0 bridgehead atoms. The van der Waals surface area contributed by atoms with Gasteiger partial charge in [0.05, 0.1) is 6.54 Å². The van der Waals surface area contributed by atoms with Gasteiger partial charge in [-0.3, -0.25) is 9.59 Å². The molecule has 1 atom stereocenters. The highest BCUT2D eigenvalue weighted by Gasteiger charge is 2.53. The van der Waals surface area contributed by atoms with Crippen molar-refractivity contribution in [1.82, 2.24) is 9.80 Å². The lowest BCUT2D eigenvalue weighted by Crippen LogP contribution is -2.72. The summed E-state index contributed by atoms with van der Waals surface area (Å²) in [5, 5.41) is 0.596. The maximum absolute atomic E-state index is 13.8. The van der Waals surface area contributed by atoms with Crippen LogP contribution in [0.4, 0.5) is 5.69 Å². The Morgan fingerprint density at radius 3 is 2.32 bits per heavy atom. The number of para-hydroxylation sites is 1. The molecule has 0 aromatic heterocycles. The van der Waals surface area contributed by atoms with Gasteiger partial charge < -0.3 is 19.5 Å². The third kappa shape index (κ3) is 4.74. The highest BCUT2D eigenvalue weighted by Crippen LogP contribution is 2.32. The molecule has 2 aromatic carbocycles. The van der Waals surface area contributed by atoms with Crippen LogP contribution in [0.5, 0.6) is 0 Å². The highest BCUT2D eigenvalue weighted by atomic mass is 35.5. The average molecular weight is 442 g/mol. The number of amides is 2. The summed E-state index contributed by atoms with van der Waals surface area (Å²) in [6.07, 6.45) is 0.661. The second-order valence-electron chi connectivity index (χ2n) is 8.23. The van der Waals surface area contributed by atoms with Crippen LogP contribution in [0.25, 0.3) is 0 Å². The van der Waals surface area contributed by atoms with E-state index in [1.54, 1.807) is 21.9 Å². The van der Waals surface area contributed by atoms with E-state index in [9.17, 15) is 14.4 Å². The molecule has 0 aliphatic carbocycles. The van der Waals surface area contributed by atoms with Crippen molar-refractivity contribution in [3.05, 3.63) is 65.2 Å². The van der Waals surface area contributed by atoms with E-state index in [1.165, 1.54) is 0 Å². The van der Waals surface area contributed by atoms with Crippen molar-refractivity contribution in [2.75, 3.05) is 25.0 Å². The van der Waals surface area contributed by atoms with Gasteiger partial charge in [0.2, 0.25) is 5.91 Å². The summed E-state index contributed by atoms with van der Waals surface area (Å²) < 4.78 is 0. The molecule has 0 spiro atoms. The molecule has 3 rings (SSSR count). The van der Waals surface area contributed by atoms with E-state index in [0.717, 1.165) is 17.5 Å². The lowest BCUT2D eigenvalue weighted by Gasteiger charge is -2.51. The van der Waals surface area contributed by atoms with Gasteiger partial charge in [0, 0.05) is 36.8 Å². The van der Waals surface area contributed by atoms with E-state index in [2.05, 4.69) is 0 Å². The summed E-state index contributed by atoms with van der Waals surface area (Å²) in [7, 11) is 1.87. The molecular formula is C24H28ClN3O3. The lowest BCUT2D eigenvalue weighted by molar-refractivity contribution is -0.168. The first-order valence-corrected chi connectivity index (χ1v) is 10.7. The molecule has 2 amide bonds. The Labute approximate surface area is 188 Å². The van der Waals surface area contributed by atoms with Crippen LogP contribution in [0.3, 0.4) is 0 Å². The number of aldehydes is 1. The number of anilines is 1. The minimum absolute atomic E-state index is 0.000250. The third-order valence-electron chi connectivity index (χ3n) is 5.78. The number of halogens is 1. The maximum atomic E-state index is 13.8. The van der Waals surface area contributed by atoms with Gasteiger partial charge in [-0.2, -0.15) is 0 Å². The van der Waals surface area contributed by atoms with Gasteiger partial charge in [-0.15, -0.1) is 0 Å². The van der Waals surface area contributed by atoms with E-state index in [4.69, 9.17) is 11.6 Å². The first kappa shape index (κ1) is 22.8. The van der Waals surface area contributed by atoms with Gasteiger partial charge in [0.1, 0.15) is 18.4 Å². The van der Waals surface area contributed by atoms with Crippen LogP contribution >= 0.6 is 11.6 Å². The molecule has 0 radical (unpaired) electrons. The number of carbonyl (C=O) groups excluding carboxylic acids is 3. The molecule has 2 aromatic rings. The van der Waals surface area contributed by atoms with Gasteiger partial charge >= 0.3 is 0 Å². The number of rotatable bonds is 8. The number of likely N-dealkylation sites (N-methyl/N-ethyl adjacent to an activating group) is 1. The van der Waals surface area contributed by atoms with Gasteiger partial charge in [-0.25, -0.2) is 0 Å². The number of nitrogens with zero attached hydrogens (tertiary/aromatic N) is 3. The van der Waals surface area contributed by atoms with Crippen molar-refractivity contribution in [2.24, 2.45) is 0 Å². The second kappa shape index (κ2) is 9.52. The topological polar surface area (TPSA) is 60.9 Å². The molecule has 1 fully saturated rings. The van der Waals surface area contributed by atoms with Crippen molar-refractivity contribution in [1.29, 1.82) is 0 Å². The molecule has 1 aliphatic rings. The maximum Gasteiger partial charge on any atom is 0.251 e. The van der Waals surface area contributed by atoms with E-state index in [1.807, 2.05) is 68.3 Å². The first-order valence-electron chi connectivity index (χ1n) is 10.3. The van der Waals surface area contributed by atoms with Gasteiger partial charge in [-0.1, -0.05) is 41.9 Å². The van der Waals surface area contributed by atoms with E-state index < -0.39 is 5.54 Å². The Bertz CT molecular complexity index is 933. The van der Waals surface area contributed by atoms with Crippen molar-refractivity contribution >= 4 is 35.4 Å². The summed E-state index contributed by atoms with van der Waals surface area (Å²) in [5.41, 5.74) is 0.452. The summed E-state index contributed by atoms with van der Waals surface area (Å²) >= 11 is 6.01. The zero-order chi connectivity index (χ0) is 22.6. The molecule has 164 valence electrons. The first-order chi connectivity index (χ1) is 14.8. The lowest BCUT2D eigenvalue weighted by atomic mass is 9.86. The summed E-state index contributed by atoms with van der Waals surface area (Å²) in [4.78, 5) is 44.0. The smallest absolute Gasteiger partial charge is 0.251 e. The minimum Gasteiger partial charge on any atom is -0.372 e. The van der Waals surface area contributed by atoms with Crippen LogP contribution in [0.2, 0.25) is 5.02 Å². The van der Waals surface area contributed by atoms with Crippen molar-refractivity contribution in [2.45, 2.75) is 38.4 Å². The second-order valence-corrected chi connectivity index (χ2v) is 8.66. The number of hydrogen-bond donors (Lipinski definition) is 0. The van der Waals surface area contributed by atoms with Crippen LogP contribution in [-0.4, -0.2) is 59.6 Å². The monoisotopic (exact) mass is 441 g/mol. The van der Waals surface area contributed by atoms with Gasteiger partial charge in [0.25, 0.3) is 5.91 Å². The van der Waals surface area contributed by atoms with Crippen molar-refractivity contribution in [3.8, 4) is 0 Å². The molecule has 1 heterocycles. The van der Waals surface area contributed by atoms with Gasteiger partial charge in [-0.05, 0) is 43.7 Å². The zero-order valence-electron chi connectivity index (χ0n) is 18.1. The number of benzene rings is 2. The standard InChI is InChI=1S/C24H28ClN3O3/c1-18(2)27-16-22(30)28(15-19-9-11-20(25)12-10-19)24(13-14-29,23(27)31)17-26(3)21-7-5-4-6-8-21/h4-12,14,18H,13,15-17H2,1-3H3. The quantitative estimate of drug-likeness (QED) is 0.589. The molecule has 1 aliphatic heterocycles. The molecular weight excluding hydrogens is 414 g/mol. The molecule has 0 saturated carbocycles. The Hall–Kier alpha value is -2.86. The molecule has 6 nitrogen and oxygen atoms in total. The van der Waals surface area contributed by atoms with E-state index >= 15 is 0 Å². The molecule has 1 unspecified atom stereocenters. The largest absolute Gasteiger partial charge is 0.372 e. The molecule has 0 N–H and O–H groups in total. The molecule has 7 heteroatoms. The minimum atomic E-state index is -1.30. The van der Waals surface area contributed by atoms with Crippen molar-refractivity contribution in [3.63, 3.8) is 0 Å². The van der Waals surface area contributed by atoms with E-state index in [-0.39, 0.29) is 43.9 Å². The Morgan fingerprint density at radius 1 is 1.10 bits per heavy atom. The normalized spacial score (nSPS) is 19.1. The van der Waals surface area contributed by atoms with Crippen LogP contribution in [0, 0.1) is 0 Å². The van der Waals surface area contributed by atoms with Crippen LogP contribution in [-0.2, 0) is 20.9 Å². The Balaban J connectivity index is 2.05. The fourth-order valence-corrected chi connectivity index (χ4v) is 4.20. The Kier molecular flexibility index (Phi) is 7.01. The number of piperazine rings is 1. The number of hydrogen-bond acceptors (Lipinski definition) is 4. The van der Waals surface area contributed by atoms with Crippen molar-refractivity contribution < 1.29 is 14.4 Å². The fourth-order valence-electron chi connectivity index (χ4n) is 4.07. The zero-order valence-corrected chi connectivity index (χ0v) is 18.9. The van der Waals surface area contributed by atoms with E-state index in [0.29, 0.717) is 5.02 Å². The van der Waals surface area contributed by atoms with Crippen LogP contribution in [0.15, 0.2) is 54.6 Å². The van der Waals surface area contributed by atoms with Crippen LogP contribution in [0.1, 0.15) is 25.8 Å². The third-order valence-corrected chi connectivity index (χ3v) is 6.03. The highest BCUT2D eigenvalue weighted by molar-refractivity contribution is 6.30. The Morgan fingerprint density at radius 2 is 1.74 bits per heavy atom. The molecule has 1 saturated heterocycles. The fraction of sp³-hybridized carbons (Fsp3) is 0.375. The SMILES string of the molecule is CC(C)N1CC(=O)N(Cc2ccc(Cl)cc2)C(CC=O)(CN(C)c2ccccc2)C1=O. The summed E-state index contributed by atoms with van der Waals surface area (Å²) in [6, 6.07) is 16.7. The van der Waals surface area contributed by atoms with Crippen LogP contribution < -0.4 is 4.90 Å². The predicted octanol–water partition coefficient (Wildman–Crippen LogP) is 3.38. The van der Waals surface area contributed by atoms with Gasteiger partial charge in [0.15, 0.2) is 0 Å². The number of carbonyl (C=O) groups is 3. The molecule has 31 heavy (non-hydrogen) atoms. The average Bonchev–Trinajstić information content (AvgIpc) is 2.75. The predicted molar refractivity (Wildman–Crippen MR) is 122 cm³/mol.